The van der Waals surface area contributed by atoms with Crippen LogP contribution in [0.4, 0.5) is 10.5 Å². The van der Waals surface area contributed by atoms with Crippen molar-refractivity contribution in [3.05, 3.63) is 28.8 Å². The van der Waals surface area contributed by atoms with Crippen molar-refractivity contribution in [1.29, 1.82) is 0 Å². The van der Waals surface area contributed by atoms with Crippen LogP contribution < -0.4 is 10.6 Å². The van der Waals surface area contributed by atoms with Gasteiger partial charge < -0.3 is 15.7 Å². The Morgan fingerprint density at radius 1 is 1.20 bits per heavy atom. The number of unbranched alkanes of at least 4 members (excludes halogenated alkanes) is 1. The van der Waals surface area contributed by atoms with Gasteiger partial charge in [0.1, 0.15) is 0 Å². The quantitative estimate of drug-likeness (QED) is 0.699. The molecule has 4 heteroatoms. The molecule has 0 fully saturated rings. The lowest BCUT2D eigenvalue weighted by Crippen LogP contribution is -2.30. The number of hydrogen-bond donors (Lipinski definition) is 3. The van der Waals surface area contributed by atoms with Crippen molar-refractivity contribution in [1.82, 2.24) is 5.32 Å². The molecule has 0 aliphatic carbocycles. The SMILES string of the molecule is Cc1cc(C(C)C)cc(C)c1NC(=O)NCCCCO. The molecule has 3 N–H and O–H groups in total. The average Bonchev–Trinajstić information content (AvgIpc) is 2.38. The number of anilines is 1. The first-order chi connectivity index (χ1) is 9.45. The molecule has 1 aromatic rings. The minimum absolute atomic E-state index is 0.165. The second-order valence-electron chi connectivity index (χ2n) is 5.50. The average molecular weight is 278 g/mol. The molecule has 0 spiro atoms. The Morgan fingerprint density at radius 2 is 1.80 bits per heavy atom. The van der Waals surface area contributed by atoms with Crippen molar-refractivity contribution in [3.63, 3.8) is 0 Å². The lowest BCUT2D eigenvalue weighted by atomic mass is 9.97. The summed E-state index contributed by atoms with van der Waals surface area (Å²) in [7, 11) is 0. The van der Waals surface area contributed by atoms with Crippen molar-refractivity contribution in [2.45, 2.75) is 46.5 Å². The van der Waals surface area contributed by atoms with Crippen LogP contribution in [0.2, 0.25) is 0 Å². The maximum absolute atomic E-state index is 11.8. The molecule has 0 aromatic heterocycles. The molecule has 112 valence electrons. The summed E-state index contributed by atoms with van der Waals surface area (Å²) in [5, 5.41) is 14.4. The number of nitrogens with one attached hydrogen (secondary N) is 2. The van der Waals surface area contributed by atoms with E-state index in [1.54, 1.807) is 0 Å². The number of aliphatic hydroxyl groups is 1. The van der Waals surface area contributed by atoms with E-state index in [2.05, 4.69) is 36.6 Å². The summed E-state index contributed by atoms with van der Waals surface area (Å²) < 4.78 is 0. The zero-order valence-electron chi connectivity index (χ0n) is 12.9. The highest BCUT2D eigenvalue weighted by Crippen LogP contribution is 2.26. The monoisotopic (exact) mass is 278 g/mol. The van der Waals surface area contributed by atoms with E-state index in [1.165, 1.54) is 5.56 Å². The molecule has 4 nitrogen and oxygen atoms in total. The fraction of sp³-hybridized carbons (Fsp3) is 0.562. The number of aryl methyl sites for hydroxylation is 2. The van der Waals surface area contributed by atoms with Crippen LogP contribution in [-0.2, 0) is 0 Å². The van der Waals surface area contributed by atoms with E-state index in [0.717, 1.165) is 23.2 Å². The van der Waals surface area contributed by atoms with Gasteiger partial charge in [0.2, 0.25) is 0 Å². The van der Waals surface area contributed by atoms with Crippen molar-refractivity contribution in [2.75, 3.05) is 18.5 Å². The Morgan fingerprint density at radius 3 is 2.30 bits per heavy atom. The van der Waals surface area contributed by atoms with Gasteiger partial charge in [-0.2, -0.15) is 0 Å². The zero-order valence-corrected chi connectivity index (χ0v) is 12.9. The highest BCUT2D eigenvalue weighted by Gasteiger charge is 2.10. The molecule has 0 radical (unpaired) electrons. The second kappa shape index (κ2) is 7.90. The predicted molar refractivity (Wildman–Crippen MR) is 83.3 cm³/mol. The molecule has 0 saturated carbocycles. The molecule has 0 bridgehead atoms. The van der Waals surface area contributed by atoms with E-state index in [4.69, 9.17) is 5.11 Å². The normalized spacial score (nSPS) is 10.7. The summed E-state index contributed by atoms with van der Waals surface area (Å²) >= 11 is 0. The summed E-state index contributed by atoms with van der Waals surface area (Å²) in [6, 6.07) is 4.06. The van der Waals surface area contributed by atoms with Crippen LogP contribution in [0, 0.1) is 13.8 Å². The Bertz CT molecular complexity index is 433. The third-order valence-corrected chi connectivity index (χ3v) is 3.33. The smallest absolute Gasteiger partial charge is 0.319 e. The molecule has 20 heavy (non-hydrogen) atoms. The van der Waals surface area contributed by atoms with Gasteiger partial charge in [0.25, 0.3) is 0 Å². The summed E-state index contributed by atoms with van der Waals surface area (Å²) in [6.07, 6.45) is 1.50. The first kappa shape index (κ1) is 16.5. The maximum Gasteiger partial charge on any atom is 0.319 e. The van der Waals surface area contributed by atoms with Gasteiger partial charge in [0.05, 0.1) is 0 Å². The molecule has 0 aliphatic rings. The standard InChI is InChI=1S/C16H26N2O2/c1-11(2)14-9-12(3)15(13(4)10-14)18-16(20)17-7-5-6-8-19/h9-11,19H,5-8H2,1-4H3,(H2,17,18,20). The van der Waals surface area contributed by atoms with Gasteiger partial charge in [-0.3, -0.25) is 0 Å². The Labute approximate surface area is 121 Å². The zero-order chi connectivity index (χ0) is 15.1. The van der Waals surface area contributed by atoms with Gasteiger partial charge in [-0.1, -0.05) is 26.0 Å². The summed E-state index contributed by atoms with van der Waals surface area (Å²) in [4.78, 5) is 11.8. The maximum atomic E-state index is 11.8. The van der Waals surface area contributed by atoms with Crippen LogP contribution in [0.1, 0.15) is 49.3 Å². The molecule has 1 rings (SSSR count). The molecule has 1 aromatic carbocycles. The molecule has 2 amide bonds. The topological polar surface area (TPSA) is 61.4 Å². The summed E-state index contributed by atoms with van der Waals surface area (Å²) in [6.45, 7) is 9.09. The van der Waals surface area contributed by atoms with Crippen molar-refractivity contribution < 1.29 is 9.90 Å². The number of carbonyl (C=O) groups is 1. The van der Waals surface area contributed by atoms with E-state index in [1.807, 2.05) is 13.8 Å². The summed E-state index contributed by atoms with van der Waals surface area (Å²) in [5.41, 5.74) is 4.33. The third-order valence-electron chi connectivity index (χ3n) is 3.33. The van der Waals surface area contributed by atoms with Crippen LogP contribution in [0.15, 0.2) is 12.1 Å². The Kier molecular flexibility index (Phi) is 6.52. The van der Waals surface area contributed by atoms with E-state index >= 15 is 0 Å². The van der Waals surface area contributed by atoms with Crippen LogP contribution >= 0.6 is 0 Å². The summed E-state index contributed by atoms with van der Waals surface area (Å²) in [5.74, 6) is 0.480. The number of urea groups is 1. The highest BCUT2D eigenvalue weighted by atomic mass is 16.3. The number of hydrogen-bond acceptors (Lipinski definition) is 2. The van der Waals surface area contributed by atoms with Gasteiger partial charge in [0.15, 0.2) is 0 Å². The van der Waals surface area contributed by atoms with E-state index in [-0.39, 0.29) is 12.6 Å². The minimum atomic E-state index is -0.188. The van der Waals surface area contributed by atoms with Crippen LogP contribution in [0.25, 0.3) is 0 Å². The first-order valence-corrected chi connectivity index (χ1v) is 7.22. The van der Waals surface area contributed by atoms with Crippen LogP contribution in [-0.4, -0.2) is 24.3 Å². The highest BCUT2D eigenvalue weighted by molar-refractivity contribution is 5.91. The Balaban J connectivity index is 2.66. The predicted octanol–water partition coefficient (Wildman–Crippen LogP) is 3.32. The number of amides is 2. The number of benzene rings is 1. The van der Waals surface area contributed by atoms with Crippen molar-refractivity contribution >= 4 is 11.7 Å². The molecule has 0 unspecified atom stereocenters. The van der Waals surface area contributed by atoms with Gasteiger partial charge >= 0.3 is 6.03 Å². The lowest BCUT2D eigenvalue weighted by molar-refractivity contribution is 0.250. The van der Waals surface area contributed by atoms with Crippen molar-refractivity contribution in [2.24, 2.45) is 0 Å². The minimum Gasteiger partial charge on any atom is -0.396 e. The number of rotatable bonds is 6. The van der Waals surface area contributed by atoms with Gasteiger partial charge in [-0.15, -0.1) is 0 Å². The molecule has 0 heterocycles. The van der Waals surface area contributed by atoms with Gasteiger partial charge in [-0.05, 0) is 49.3 Å². The van der Waals surface area contributed by atoms with Crippen LogP contribution in [0.3, 0.4) is 0 Å². The molecular weight excluding hydrogens is 252 g/mol. The van der Waals surface area contributed by atoms with E-state index in [9.17, 15) is 4.79 Å². The number of carbonyl (C=O) groups excluding carboxylic acids is 1. The van der Waals surface area contributed by atoms with E-state index in [0.29, 0.717) is 18.9 Å². The largest absolute Gasteiger partial charge is 0.396 e. The van der Waals surface area contributed by atoms with E-state index < -0.39 is 0 Å². The molecule has 0 atom stereocenters. The van der Waals surface area contributed by atoms with Gasteiger partial charge in [0, 0.05) is 18.8 Å². The van der Waals surface area contributed by atoms with Crippen LogP contribution in [0.5, 0.6) is 0 Å². The lowest BCUT2D eigenvalue weighted by Gasteiger charge is -2.16. The molecular formula is C16H26N2O2. The van der Waals surface area contributed by atoms with Gasteiger partial charge in [-0.25, -0.2) is 4.79 Å². The number of aliphatic hydroxyl groups excluding tert-OH is 1. The van der Waals surface area contributed by atoms with Crippen molar-refractivity contribution in [3.8, 4) is 0 Å². The third kappa shape index (κ3) is 4.85. The first-order valence-electron chi connectivity index (χ1n) is 7.22. The Hall–Kier alpha value is -1.55. The second-order valence-corrected chi connectivity index (χ2v) is 5.50. The fourth-order valence-corrected chi connectivity index (χ4v) is 2.12. The molecule has 0 aliphatic heterocycles. The molecule has 0 saturated heterocycles. The fourth-order valence-electron chi connectivity index (χ4n) is 2.12.